The third-order valence-corrected chi connectivity index (χ3v) is 3.86. The highest BCUT2D eigenvalue weighted by Crippen LogP contribution is 2.27. The molecule has 1 amide bonds. The molecule has 0 saturated carbocycles. The van der Waals surface area contributed by atoms with Crippen LogP contribution in [-0.2, 0) is 4.79 Å². The third-order valence-electron chi connectivity index (χ3n) is 2.97. The van der Waals surface area contributed by atoms with Crippen LogP contribution in [0.5, 0.6) is 11.5 Å². The summed E-state index contributed by atoms with van der Waals surface area (Å²) in [5.41, 5.74) is 0.458. The van der Waals surface area contributed by atoms with Gasteiger partial charge in [-0.05, 0) is 42.1 Å². The van der Waals surface area contributed by atoms with Crippen molar-refractivity contribution in [3.8, 4) is 11.5 Å². The number of ether oxygens (including phenoxy) is 2. The molecule has 0 fully saturated rings. The zero-order valence-corrected chi connectivity index (χ0v) is 13.7. The van der Waals surface area contributed by atoms with E-state index in [-0.39, 0.29) is 23.7 Å². The molecule has 2 rings (SSSR count). The lowest BCUT2D eigenvalue weighted by atomic mass is 10.3. The number of nitrogens with one attached hydrogen (secondary N) is 1. The largest absolute Gasteiger partial charge is 0.494 e. The van der Waals surface area contributed by atoms with E-state index in [0.29, 0.717) is 17.9 Å². The van der Waals surface area contributed by atoms with Crippen molar-refractivity contribution < 1.29 is 33.0 Å². The molecule has 134 valence electrons. The second-order valence-corrected chi connectivity index (χ2v) is 5.73. The van der Waals surface area contributed by atoms with Crippen molar-refractivity contribution in [1.29, 1.82) is 0 Å². The van der Waals surface area contributed by atoms with Crippen LogP contribution in [0.2, 0.25) is 0 Å². The highest BCUT2D eigenvalue weighted by atomic mass is 32.1. The number of carboxylic acids is 1. The summed E-state index contributed by atoms with van der Waals surface area (Å²) >= 11 is 0.995. The Morgan fingerprint density at radius 2 is 1.92 bits per heavy atom. The number of hydrogen-bond acceptors (Lipinski definition) is 5. The first-order valence-electron chi connectivity index (χ1n) is 7.24. The molecule has 0 atom stereocenters. The summed E-state index contributed by atoms with van der Waals surface area (Å²) < 4.78 is 34.2. The SMILES string of the molecule is O=C(O)CCCOc1ccc(NC(=O)c2sccc2OC(F)F)cc1. The Kier molecular flexibility index (Phi) is 6.70. The van der Waals surface area contributed by atoms with E-state index in [1.807, 2.05) is 0 Å². The van der Waals surface area contributed by atoms with E-state index in [2.05, 4.69) is 10.1 Å². The van der Waals surface area contributed by atoms with Crippen molar-refractivity contribution in [2.75, 3.05) is 11.9 Å². The molecule has 9 heteroatoms. The number of amides is 1. The van der Waals surface area contributed by atoms with Gasteiger partial charge in [0.15, 0.2) is 0 Å². The Hall–Kier alpha value is -2.68. The van der Waals surface area contributed by atoms with Crippen LogP contribution in [0.3, 0.4) is 0 Å². The van der Waals surface area contributed by atoms with Gasteiger partial charge in [-0.25, -0.2) is 0 Å². The number of aliphatic carboxylic acids is 1. The minimum absolute atomic E-state index is 0.0258. The Morgan fingerprint density at radius 3 is 2.56 bits per heavy atom. The fraction of sp³-hybridized carbons (Fsp3) is 0.250. The second kappa shape index (κ2) is 8.97. The van der Waals surface area contributed by atoms with Gasteiger partial charge in [0.05, 0.1) is 6.61 Å². The van der Waals surface area contributed by atoms with Gasteiger partial charge in [0.25, 0.3) is 5.91 Å². The molecule has 2 aromatic rings. The topological polar surface area (TPSA) is 84.9 Å². The van der Waals surface area contributed by atoms with Crippen LogP contribution in [0.4, 0.5) is 14.5 Å². The maximum absolute atomic E-state index is 12.3. The van der Waals surface area contributed by atoms with Gasteiger partial charge in [-0.3, -0.25) is 9.59 Å². The fourth-order valence-corrected chi connectivity index (χ4v) is 2.61. The minimum Gasteiger partial charge on any atom is -0.494 e. The van der Waals surface area contributed by atoms with E-state index in [9.17, 15) is 18.4 Å². The van der Waals surface area contributed by atoms with Gasteiger partial charge in [0, 0.05) is 12.1 Å². The number of benzene rings is 1. The summed E-state index contributed by atoms with van der Waals surface area (Å²) in [7, 11) is 0. The molecule has 0 aliphatic rings. The molecule has 0 bridgehead atoms. The van der Waals surface area contributed by atoms with Gasteiger partial charge >= 0.3 is 12.6 Å². The van der Waals surface area contributed by atoms with Crippen molar-refractivity contribution in [2.24, 2.45) is 0 Å². The normalized spacial score (nSPS) is 10.5. The lowest BCUT2D eigenvalue weighted by Gasteiger charge is -2.09. The van der Waals surface area contributed by atoms with Crippen LogP contribution in [0.15, 0.2) is 35.7 Å². The van der Waals surface area contributed by atoms with Gasteiger partial charge in [-0.15, -0.1) is 11.3 Å². The van der Waals surface area contributed by atoms with E-state index >= 15 is 0 Å². The van der Waals surface area contributed by atoms with Crippen LogP contribution < -0.4 is 14.8 Å². The Bertz CT molecular complexity index is 718. The van der Waals surface area contributed by atoms with Crippen molar-refractivity contribution in [1.82, 2.24) is 0 Å². The summed E-state index contributed by atoms with van der Waals surface area (Å²) in [6.45, 7) is -2.74. The van der Waals surface area contributed by atoms with Crippen molar-refractivity contribution >= 4 is 28.9 Å². The molecule has 0 radical (unpaired) electrons. The Labute approximate surface area is 146 Å². The van der Waals surface area contributed by atoms with E-state index < -0.39 is 18.5 Å². The minimum atomic E-state index is -3.00. The molecule has 2 N–H and O–H groups in total. The molecule has 25 heavy (non-hydrogen) atoms. The van der Waals surface area contributed by atoms with E-state index in [1.54, 1.807) is 24.3 Å². The number of anilines is 1. The number of thiophene rings is 1. The van der Waals surface area contributed by atoms with Gasteiger partial charge in [-0.2, -0.15) is 8.78 Å². The van der Waals surface area contributed by atoms with Crippen LogP contribution in [0, 0.1) is 0 Å². The summed E-state index contributed by atoms with van der Waals surface area (Å²) in [4.78, 5) is 22.6. The fourth-order valence-electron chi connectivity index (χ4n) is 1.89. The first-order valence-corrected chi connectivity index (χ1v) is 8.12. The number of hydrogen-bond donors (Lipinski definition) is 2. The average molecular weight is 371 g/mol. The van der Waals surface area contributed by atoms with Crippen molar-refractivity contribution in [3.63, 3.8) is 0 Å². The standard InChI is InChI=1S/C16H15F2NO5S/c17-16(18)24-12-7-9-25-14(12)15(22)19-10-3-5-11(6-4-10)23-8-1-2-13(20)21/h3-7,9,16H,1-2,8H2,(H,19,22)(H,20,21). The number of halogens is 2. The van der Waals surface area contributed by atoms with E-state index in [0.717, 1.165) is 11.3 Å². The average Bonchev–Trinajstić information content (AvgIpc) is 3.00. The van der Waals surface area contributed by atoms with Gasteiger partial charge in [0.1, 0.15) is 16.4 Å². The first-order chi connectivity index (χ1) is 12.0. The molecule has 0 saturated heterocycles. The highest BCUT2D eigenvalue weighted by molar-refractivity contribution is 7.12. The van der Waals surface area contributed by atoms with Crippen molar-refractivity contribution in [2.45, 2.75) is 19.5 Å². The highest BCUT2D eigenvalue weighted by Gasteiger charge is 2.17. The van der Waals surface area contributed by atoms with Crippen LogP contribution in [0.1, 0.15) is 22.5 Å². The zero-order chi connectivity index (χ0) is 18.2. The van der Waals surface area contributed by atoms with Gasteiger partial charge < -0.3 is 19.9 Å². The predicted molar refractivity (Wildman–Crippen MR) is 87.7 cm³/mol. The monoisotopic (exact) mass is 371 g/mol. The predicted octanol–water partition coefficient (Wildman–Crippen LogP) is 3.85. The summed E-state index contributed by atoms with van der Waals surface area (Å²) in [6, 6.07) is 7.71. The maximum Gasteiger partial charge on any atom is 0.387 e. The van der Waals surface area contributed by atoms with Crippen LogP contribution in [0.25, 0.3) is 0 Å². The molecule has 1 heterocycles. The molecule has 1 aromatic heterocycles. The smallest absolute Gasteiger partial charge is 0.387 e. The molecular formula is C16H15F2NO5S. The van der Waals surface area contributed by atoms with Gasteiger partial charge in [-0.1, -0.05) is 0 Å². The molecular weight excluding hydrogens is 356 g/mol. The number of alkyl halides is 2. The molecule has 1 aromatic carbocycles. The molecule has 0 aliphatic heterocycles. The molecule has 0 unspecified atom stereocenters. The summed E-state index contributed by atoms with van der Waals surface area (Å²) in [5.74, 6) is -1.08. The summed E-state index contributed by atoms with van der Waals surface area (Å²) in [5, 5.41) is 12.6. The number of rotatable bonds is 9. The first kappa shape index (κ1) is 18.7. The molecule has 0 aliphatic carbocycles. The summed E-state index contributed by atoms with van der Waals surface area (Å²) in [6.07, 6.45) is 0.414. The zero-order valence-electron chi connectivity index (χ0n) is 12.9. The number of carboxylic acid groups (broad SMARTS) is 1. The number of carbonyl (C=O) groups excluding carboxylic acids is 1. The third kappa shape index (κ3) is 6.03. The maximum atomic E-state index is 12.3. The molecule has 0 spiro atoms. The lowest BCUT2D eigenvalue weighted by Crippen LogP contribution is -2.13. The Morgan fingerprint density at radius 1 is 1.20 bits per heavy atom. The van der Waals surface area contributed by atoms with Crippen LogP contribution in [-0.4, -0.2) is 30.2 Å². The van der Waals surface area contributed by atoms with E-state index in [4.69, 9.17) is 9.84 Å². The van der Waals surface area contributed by atoms with Crippen LogP contribution >= 0.6 is 11.3 Å². The quantitative estimate of drug-likeness (QED) is 0.654. The second-order valence-electron chi connectivity index (χ2n) is 4.82. The van der Waals surface area contributed by atoms with Gasteiger partial charge in [0.2, 0.25) is 0 Å². The van der Waals surface area contributed by atoms with E-state index in [1.165, 1.54) is 11.4 Å². The Balaban J connectivity index is 1.89. The number of carbonyl (C=O) groups is 2. The lowest BCUT2D eigenvalue weighted by molar-refractivity contribution is -0.137. The van der Waals surface area contributed by atoms with Crippen molar-refractivity contribution in [3.05, 3.63) is 40.6 Å². The molecule has 6 nitrogen and oxygen atoms in total.